The van der Waals surface area contributed by atoms with Crippen LogP contribution in [0.15, 0.2) is 53.2 Å². The first-order valence-corrected chi connectivity index (χ1v) is 16.1. The molecule has 2 aromatic carbocycles. The number of hydrogen-bond acceptors (Lipinski definition) is 5. The zero-order chi connectivity index (χ0) is 27.9. The Labute approximate surface area is 247 Å². The fraction of sp³-hybridized carbons (Fsp3) is 0.500. The van der Waals surface area contributed by atoms with Gasteiger partial charge in [-0.25, -0.2) is 0 Å². The molecule has 0 saturated carbocycles. The van der Waals surface area contributed by atoms with Crippen molar-refractivity contribution in [2.75, 3.05) is 39.3 Å². The van der Waals surface area contributed by atoms with Crippen LogP contribution in [0.3, 0.4) is 0 Å². The molecule has 2 aliphatic rings. The van der Waals surface area contributed by atoms with Crippen LogP contribution in [-0.4, -0.2) is 73.0 Å². The van der Waals surface area contributed by atoms with E-state index in [1.54, 1.807) is 11.3 Å². The third-order valence-corrected chi connectivity index (χ3v) is 9.44. The Morgan fingerprint density at radius 2 is 1.90 bits per heavy atom. The van der Waals surface area contributed by atoms with E-state index >= 15 is 0 Å². The van der Waals surface area contributed by atoms with Crippen molar-refractivity contribution >= 4 is 45.5 Å². The van der Waals surface area contributed by atoms with Gasteiger partial charge in [-0.2, -0.15) is 11.3 Å². The lowest BCUT2D eigenvalue weighted by Crippen LogP contribution is -2.50. The lowest BCUT2D eigenvalue weighted by Gasteiger charge is -2.31. The SMILES string of the molecule is CCC(CN1CC[C@@H](CNC(=O)c2ccc3cc(Cl)ccc3c2)N[C@@H](CCN2CCCCC2)C1=O)c1ccsc1. The van der Waals surface area contributed by atoms with Crippen molar-refractivity contribution in [2.24, 2.45) is 0 Å². The van der Waals surface area contributed by atoms with Crippen molar-refractivity contribution in [3.8, 4) is 0 Å². The molecule has 0 bridgehead atoms. The highest BCUT2D eigenvalue weighted by Gasteiger charge is 2.32. The number of likely N-dealkylation sites (tertiary alicyclic amines) is 1. The molecule has 1 aromatic heterocycles. The molecular weight excluding hydrogens is 540 g/mol. The second-order valence-corrected chi connectivity index (χ2v) is 12.5. The number of carbonyl (C=O) groups is 2. The van der Waals surface area contributed by atoms with E-state index < -0.39 is 0 Å². The second kappa shape index (κ2) is 13.9. The van der Waals surface area contributed by atoms with Crippen molar-refractivity contribution in [1.29, 1.82) is 0 Å². The van der Waals surface area contributed by atoms with Gasteiger partial charge in [0.2, 0.25) is 5.91 Å². The smallest absolute Gasteiger partial charge is 0.251 e. The van der Waals surface area contributed by atoms with Crippen LogP contribution < -0.4 is 10.6 Å². The summed E-state index contributed by atoms with van der Waals surface area (Å²) in [6.07, 6.45) is 6.40. The van der Waals surface area contributed by atoms with Crippen LogP contribution in [0.2, 0.25) is 5.02 Å². The summed E-state index contributed by atoms with van der Waals surface area (Å²) >= 11 is 7.83. The molecule has 2 aliphatic heterocycles. The zero-order valence-electron chi connectivity index (χ0n) is 23.4. The topological polar surface area (TPSA) is 64.7 Å². The quantitative estimate of drug-likeness (QED) is 0.313. The predicted octanol–water partition coefficient (Wildman–Crippen LogP) is 5.91. The minimum atomic E-state index is -0.239. The number of piperidine rings is 1. The number of rotatable bonds is 10. The molecule has 2 saturated heterocycles. The Balaban J connectivity index is 1.25. The first kappa shape index (κ1) is 29.1. The molecular formula is C32H41ClN4O2S. The van der Waals surface area contributed by atoms with Crippen LogP contribution in [0.25, 0.3) is 10.8 Å². The van der Waals surface area contributed by atoms with Crippen LogP contribution in [-0.2, 0) is 4.79 Å². The molecule has 6 nitrogen and oxygen atoms in total. The number of halogens is 1. The molecule has 3 atom stereocenters. The Hall–Kier alpha value is -2.45. The normalized spacial score (nSPS) is 21.4. The lowest BCUT2D eigenvalue weighted by atomic mass is 9.98. The standard InChI is InChI=1S/C32H41ClN4O2S/c1-2-23(27-12-17-40-22-27)21-37-16-10-29(35-30(32(37)39)11-15-36-13-4-3-5-14-36)20-34-31(38)26-7-6-25-19-28(33)9-8-24(25)18-26/h6-9,12,17-19,22-23,29-30,35H,2-5,10-11,13-16,20-21H2,1H3,(H,34,38)/t23?,29-,30-/m0/s1. The van der Waals surface area contributed by atoms with Gasteiger partial charge < -0.3 is 20.4 Å². The minimum Gasteiger partial charge on any atom is -0.350 e. The van der Waals surface area contributed by atoms with E-state index in [1.807, 2.05) is 36.4 Å². The Kier molecular flexibility index (Phi) is 10.1. The molecule has 214 valence electrons. The molecule has 2 N–H and O–H groups in total. The van der Waals surface area contributed by atoms with E-state index in [9.17, 15) is 9.59 Å². The third-order valence-electron chi connectivity index (χ3n) is 8.50. The van der Waals surface area contributed by atoms with Crippen LogP contribution in [0.4, 0.5) is 0 Å². The van der Waals surface area contributed by atoms with Gasteiger partial charge in [0.15, 0.2) is 0 Å². The van der Waals surface area contributed by atoms with E-state index in [0.717, 1.165) is 56.2 Å². The van der Waals surface area contributed by atoms with Gasteiger partial charge in [-0.3, -0.25) is 9.59 Å². The van der Waals surface area contributed by atoms with E-state index in [2.05, 4.69) is 44.2 Å². The Bertz CT molecular complexity index is 1280. The van der Waals surface area contributed by atoms with Crippen molar-refractivity contribution in [3.63, 3.8) is 0 Å². The molecule has 3 aromatic rings. The van der Waals surface area contributed by atoms with E-state index in [1.165, 1.54) is 24.8 Å². The molecule has 8 heteroatoms. The minimum absolute atomic E-state index is 0.0322. The van der Waals surface area contributed by atoms with Gasteiger partial charge in [0.25, 0.3) is 5.91 Å². The number of thiophene rings is 1. The van der Waals surface area contributed by atoms with Gasteiger partial charge in [-0.1, -0.05) is 37.1 Å². The monoisotopic (exact) mass is 580 g/mol. The largest absolute Gasteiger partial charge is 0.350 e. The van der Waals surface area contributed by atoms with Gasteiger partial charge >= 0.3 is 0 Å². The lowest BCUT2D eigenvalue weighted by molar-refractivity contribution is -0.133. The van der Waals surface area contributed by atoms with Gasteiger partial charge in [-0.05, 0) is 103 Å². The summed E-state index contributed by atoms with van der Waals surface area (Å²) in [6, 6.07) is 13.4. The van der Waals surface area contributed by atoms with Crippen LogP contribution >= 0.6 is 22.9 Å². The maximum absolute atomic E-state index is 13.8. The molecule has 5 rings (SSSR count). The van der Waals surface area contributed by atoms with E-state index in [-0.39, 0.29) is 23.9 Å². The predicted molar refractivity (Wildman–Crippen MR) is 165 cm³/mol. The number of amides is 2. The van der Waals surface area contributed by atoms with Crippen molar-refractivity contribution in [2.45, 2.75) is 63.5 Å². The second-order valence-electron chi connectivity index (χ2n) is 11.3. The van der Waals surface area contributed by atoms with Gasteiger partial charge in [0.1, 0.15) is 0 Å². The first-order valence-electron chi connectivity index (χ1n) is 14.8. The molecule has 2 fully saturated rings. The van der Waals surface area contributed by atoms with Crippen LogP contribution in [0.1, 0.15) is 67.3 Å². The summed E-state index contributed by atoms with van der Waals surface area (Å²) in [4.78, 5) is 31.5. The molecule has 40 heavy (non-hydrogen) atoms. The average molecular weight is 581 g/mol. The number of benzene rings is 2. The number of hydrogen-bond donors (Lipinski definition) is 2. The highest BCUT2D eigenvalue weighted by molar-refractivity contribution is 7.08. The van der Waals surface area contributed by atoms with Crippen molar-refractivity contribution < 1.29 is 9.59 Å². The summed E-state index contributed by atoms with van der Waals surface area (Å²) in [7, 11) is 0. The molecule has 1 unspecified atom stereocenters. The molecule has 2 amide bonds. The summed E-state index contributed by atoms with van der Waals surface area (Å²) in [5.41, 5.74) is 1.95. The summed E-state index contributed by atoms with van der Waals surface area (Å²) in [5, 5.41) is 13.8. The highest BCUT2D eigenvalue weighted by atomic mass is 35.5. The Morgan fingerprint density at radius 1 is 1.10 bits per heavy atom. The number of nitrogens with one attached hydrogen (secondary N) is 2. The average Bonchev–Trinajstić information content (AvgIpc) is 3.47. The maximum atomic E-state index is 13.8. The van der Waals surface area contributed by atoms with E-state index in [4.69, 9.17) is 11.6 Å². The van der Waals surface area contributed by atoms with E-state index in [0.29, 0.717) is 29.6 Å². The van der Waals surface area contributed by atoms with Gasteiger partial charge in [0, 0.05) is 48.7 Å². The molecule has 0 aliphatic carbocycles. The summed E-state index contributed by atoms with van der Waals surface area (Å²) in [5.74, 6) is 0.448. The van der Waals surface area contributed by atoms with Gasteiger partial charge in [0.05, 0.1) is 6.04 Å². The Morgan fingerprint density at radius 3 is 2.67 bits per heavy atom. The molecule has 0 radical (unpaired) electrons. The fourth-order valence-corrected chi connectivity index (χ4v) is 6.97. The van der Waals surface area contributed by atoms with Crippen LogP contribution in [0, 0.1) is 0 Å². The summed E-state index contributed by atoms with van der Waals surface area (Å²) in [6.45, 7) is 7.31. The molecule has 3 heterocycles. The van der Waals surface area contributed by atoms with Crippen LogP contribution in [0.5, 0.6) is 0 Å². The number of nitrogens with zero attached hydrogens (tertiary/aromatic N) is 2. The first-order chi connectivity index (χ1) is 19.5. The third kappa shape index (κ3) is 7.43. The van der Waals surface area contributed by atoms with Gasteiger partial charge in [-0.15, -0.1) is 0 Å². The number of fused-ring (bicyclic) bond motifs is 1. The van der Waals surface area contributed by atoms with Crippen molar-refractivity contribution in [3.05, 3.63) is 69.4 Å². The highest BCUT2D eigenvalue weighted by Crippen LogP contribution is 2.25. The maximum Gasteiger partial charge on any atom is 0.251 e. The zero-order valence-corrected chi connectivity index (χ0v) is 25.0. The summed E-state index contributed by atoms with van der Waals surface area (Å²) < 4.78 is 0. The van der Waals surface area contributed by atoms with Crippen molar-refractivity contribution in [1.82, 2.24) is 20.4 Å². The molecule has 0 spiro atoms. The number of carbonyl (C=O) groups excluding carboxylic acids is 2. The fourth-order valence-electron chi connectivity index (χ4n) is 6.04.